The van der Waals surface area contributed by atoms with Crippen LogP contribution in [0.1, 0.15) is 32.6 Å². The molecule has 0 fully saturated rings. The van der Waals surface area contributed by atoms with Gasteiger partial charge in [0, 0.05) is 0 Å². The average molecular weight is 265 g/mol. The van der Waals surface area contributed by atoms with Crippen molar-refractivity contribution in [3.63, 3.8) is 0 Å². The molecule has 108 valence electrons. The van der Waals surface area contributed by atoms with Gasteiger partial charge in [-0.05, 0) is 6.42 Å². The molecule has 0 rings (SSSR count). The Labute approximate surface area is 106 Å². The Kier molecular flexibility index (Phi) is 9.08. The first kappa shape index (κ1) is 17.4. The molecule has 0 aliphatic rings. The normalized spacial score (nSPS) is 18.1. The Morgan fingerprint density at radius 2 is 1.89 bits per heavy atom. The number of Topliss-reactive ketones (excluding diaryl/α,β-unsaturated/α-hetero) is 1. The summed E-state index contributed by atoms with van der Waals surface area (Å²) in [5.74, 6) is 4.18. The van der Waals surface area contributed by atoms with Gasteiger partial charge in [0.2, 0.25) is 0 Å². The van der Waals surface area contributed by atoms with Crippen molar-refractivity contribution in [2.24, 2.45) is 5.90 Å². The van der Waals surface area contributed by atoms with Gasteiger partial charge < -0.3 is 20.4 Å². The van der Waals surface area contributed by atoms with Crippen molar-refractivity contribution < 1.29 is 30.1 Å². The second-order valence-corrected chi connectivity index (χ2v) is 4.21. The molecule has 0 aromatic carbocycles. The van der Waals surface area contributed by atoms with Gasteiger partial charge in [0.05, 0.1) is 6.61 Å². The van der Waals surface area contributed by atoms with E-state index in [1.54, 1.807) is 0 Å². The first-order chi connectivity index (χ1) is 8.49. The zero-order valence-corrected chi connectivity index (χ0v) is 10.5. The summed E-state index contributed by atoms with van der Waals surface area (Å²) in [6.07, 6.45) is -3.30. The van der Waals surface area contributed by atoms with Crippen molar-refractivity contribution in [2.45, 2.75) is 57.0 Å². The number of ketones is 1. The number of carbonyl (C=O) groups is 1. The molecule has 0 aliphatic carbocycles. The molecule has 1 unspecified atom stereocenters. The van der Waals surface area contributed by atoms with E-state index in [1.807, 2.05) is 6.92 Å². The fourth-order valence-corrected chi connectivity index (χ4v) is 1.53. The molecule has 0 aromatic heterocycles. The van der Waals surface area contributed by atoms with Crippen LogP contribution in [0.4, 0.5) is 0 Å². The standard InChI is InChI=1S/C11H23NO6/c1-2-3-4-5-8(18-12)10(16)11(17)9(15)7(14)6-13/h7-9,11,13-15,17H,2-6,12H2,1H3/t7-,8?,9+,11-/m1/s1. The highest BCUT2D eigenvalue weighted by molar-refractivity contribution is 5.87. The van der Waals surface area contributed by atoms with E-state index in [0.717, 1.165) is 12.8 Å². The molecule has 0 heterocycles. The van der Waals surface area contributed by atoms with Crippen LogP contribution in [0.25, 0.3) is 0 Å². The van der Waals surface area contributed by atoms with E-state index in [2.05, 4.69) is 4.84 Å². The minimum atomic E-state index is -1.83. The van der Waals surface area contributed by atoms with Crippen LogP contribution in [-0.4, -0.2) is 57.2 Å². The maximum Gasteiger partial charge on any atom is 0.194 e. The van der Waals surface area contributed by atoms with E-state index in [9.17, 15) is 15.0 Å². The maximum absolute atomic E-state index is 11.7. The molecule has 0 spiro atoms. The van der Waals surface area contributed by atoms with Gasteiger partial charge in [0.1, 0.15) is 24.4 Å². The Bertz CT molecular complexity index is 238. The van der Waals surface area contributed by atoms with E-state index in [1.165, 1.54) is 0 Å². The fourth-order valence-electron chi connectivity index (χ4n) is 1.53. The number of carbonyl (C=O) groups excluding carboxylic acids is 1. The number of hydrogen-bond acceptors (Lipinski definition) is 7. The zero-order valence-electron chi connectivity index (χ0n) is 10.5. The van der Waals surface area contributed by atoms with Gasteiger partial charge >= 0.3 is 0 Å². The molecule has 0 aliphatic heterocycles. The van der Waals surface area contributed by atoms with Crippen LogP contribution in [-0.2, 0) is 9.63 Å². The van der Waals surface area contributed by atoms with Crippen LogP contribution >= 0.6 is 0 Å². The summed E-state index contributed by atoms with van der Waals surface area (Å²) in [4.78, 5) is 16.2. The van der Waals surface area contributed by atoms with Gasteiger partial charge in [-0.25, -0.2) is 5.90 Å². The van der Waals surface area contributed by atoms with E-state index in [4.69, 9.17) is 16.1 Å². The SMILES string of the molecule is CCCCCC(ON)C(=O)[C@H](O)[C@@H](O)[C@H](O)CO. The first-order valence-electron chi connectivity index (χ1n) is 6.03. The molecule has 4 atom stereocenters. The summed E-state index contributed by atoms with van der Waals surface area (Å²) in [7, 11) is 0. The van der Waals surface area contributed by atoms with Gasteiger partial charge in [-0.2, -0.15) is 0 Å². The summed E-state index contributed by atoms with van der Waals surface area (Å²) in [6, 6.07) is 0. The van der Waals surface area contributed by atoms with Gasteiger partial charge in [-0.15, -0.1) is 0 Å². The molecule has 0 amide bonds. The van der Waals surface area contributed by atoms with Crippen molar-refractivity contribution in [3.8, 4) is 0 Å². The summed E-state index contributed by atoms with van der Waals surface area (Å²) in [5, 5.41) is 36.7. The van der Waals surface area contributed by atoms with Gasteiger partial charge in [0.15, 0.2) is 5.78 Å². The van der Waals surface area contributed by atoms with Crippen molar-refractivity contribution in [2.75, 3.05) is 6.61 Å². The van der Waals surface area contributed by atoms with E-state index >= 15 is 0 Å². The smallest absolute Gasteiger partial charge is 0.194 e. The van der Waals surface area contributed by atoms with Crippen LogP contribution < -0.4 is 5.90 Å². The highest BCUT2D eigenvalue weighted by atomic mass is 16.6. The lowest BCUT2D eigenvalue weighted by molar-refractivity contribution is -0.152. The molecule has 7 heteroatoms. The second kappa shape index (κ2) is 9.37. The molecule has 0 saturated carbocycles. The summed E-state index contributed by atoms with van der Waals surface area (Å²) in [6.45, 7) is 1.24. The Hall–Kier alpha value is -0.570. The van der Waals surface area contributed by atoms with Crippen molar-refractivity contribution in [1.82, 2.24) is 0 Å². The summed E-state index contributed by atoms with van der Waals surface area (Å²) < 4.78 is 0. The van der Waals surface area contributed by atoms with Crippen molar-refractivity contribution in [1.29, 1.82) is 0 Å². The van der Waals surface area contributed by atoms with Crippen molar-refractivity contribution in [3.05, 3.63) is 0 Å². The number of rotatable bonds is 10. The van der Waals surface area contributed by atoms with Crippen LogP contribution in [0.15, 0.2) is 0 Å². The number of aliphatic hydroxyl groups is 4. The first-order valence-corrected chi connectivity index (χ1v) is 6.03. The molecule has 0 radical (unpaired) electrons. The van der Waals surface area contributed by atoms with Gasteiger partial charge in [-0.1, -0.05) is 26.2 Å². The topological polar surface area (TPSA) is 133 Å². The Morgan fingerprint density at radius 3 is 2.33 bits per heavy atom. The van der Waals surface area contributed by atoms with E-state index < -0.39 is 36.8 Å². The molecular formula is C11H23NO6. The van der Waals surface area contributed by atoms with Crippen molar-refractivity contribution >= 4 is 5.78 Å². The minimum absolute atomic E-state index is 0.335. The second-order valence-electron chi connectivity index (χ2n) is 4.21. The third-order valence-electron chi connectivity index (χ3n) is 2.75. The largest absolute Gasteiger partial charge is 0.394 e. The summed E-state index contributed by atoms with van der Waals surface area (Å²) in [5.41, 5.74) is 0. The van der Waals surface area contributed by atoms with Gasteiger partial charge in [-0.3, -0.25) is 9.63 Å². The Morgan fingerprint density at radius 1 is 1.28 bits per heavy atom. The van der Waals surface area contributed by atoms with Crippen LogP contribution in [0.3, 0.4) is 0 Å². The third kappa shape index (κ3) is 5.38. The van der Waals surface area contributed by atoms with Crippen LogP contribution in [0.5, 0.6) is 0 Å². The molecule has 0 aromatic rings. The molecule has 0 bridgehead atoms. The molecule has 18 heavy (non-hydrogen) atoms. The lowest BCUT2D eigenvalue weighted by Crippen LogP contribution is -2.48. The number of nitrogens with two attached hydrogens (primary N) is 1. The zero-order chi connectivity index (χ0) is 14.1. The highest BCUT2D eigenvalue weighted by Gasteiger charge is 2.34. The lowest BCUT2D eigenvalue weighted by atomic mass is 9.98. The number of aliphatic hydroxyl groups excluding tert-OH is 4. The predicted octanol–water partition coefficient (Wildman–Crippen LogP) is -1.53. The predicted molar refractivity (Wildman–Crippen MR) is 63.3 cm³/mol. The monoisotopic (exact) mass is 265 g/mol. The fraction of sp³-hybridized carbons (Fsp3) is 0.909. The minimum Gasteiger partial charge on any atom is -0.394 e. The maximum atomic E-state index is 11.7. The molecule has 6 N–H and O–H groups in total. The Balaban J connectivity index is 4.38. The molecule has 7 nitrogen and oxygen atoms in total. The average Bonchev–Trinajstić information content (AvgIpc) is 2.40. The van der Waals surface area contributed by atoms with E-state index in [0.29, 0.717) is 12.8 Å². The number of hydrogen-bond donors (Lipinski definition) is 5. The highest BCUT2D eigenvalue weighted by Crippen LogP contribution is 2.11. The molecule has 0 saturated heterocycles. The number of unbranched alkanes of at least 4 members (excludes halogenated alkanes) is 2. The van der Waals surface area contributed by atoms with Crippen LogP contribution in [0, 0.1) is 0 Å². The lowest BCUT2D eigenvalue weighted by Gasteiger charge is -2.23. The summed E-state index contributed by atoms with van der Waals surface area (Å²) >= 11 is 0. The van der Waals surface area contributed by atoms with Crippen LogP contribution in [0.2, 0.25) is 0 Å². The van der Waals surface area contributed by atoms with E-state index in [-0.39, 0.29) is 0 Å². The molecular weight excluding hydrogens is 242 g/mol. The van der Waals surface area contributed by atoms with Gasteiger partial charge in [0.25, 0.3) is 0 Å². The quantitative estimate of drug-likeness (QED) is 0.239. The third-order valence-corrected chi connectivity index (χ3v) is 2.75.